The highest BCUT2D eigenvalue weighted by molar-refractivity contribution is 5.42. The lowest BCUT2D eigenvalue weighted by Crippen LogP contribution is -2.22. The standard InChI is InChI=1S/C26H34F3NO/c1-2-3-4-5-19-6-8-20(9-7-19)10-11-21-12-15-23(16-13-21)31-26(28,29)22-14-17-25(30)24(27)18-22/h12-20H,2-11,30H2,1H3. The summed E-state index contributed by atoms with van der Waals surface area (Å²) in [5, 5.41) is 0. The van der Waals surface area contributed by atoms with E-state index < -0.39 is 17.5 Å². The highest BCUT2D eigenvalue weighted by atomic mass is 19.3. The van der Waals surface area contributed by atoms with E-state index in [1.54, 1.807) is 12.1 Å². The highest BCUT2D eigenvalue weighted by Gasteiger charge is 2.35. The molecule has 5 heteroatoms. The molecular formula is C26H34F3NO. The molecule has 0 radical (unpaired) electrons. The number of anilines is 1. The molecule has 170 valence electrons. The molecule has 0 bridgehead atoms. The van der Waals surface area contributed by atoms with E-state index in [4.69, 9.17) is 10.5 Å². The molecule has 2 aromatic rings. The van der Waals surface area contributed by atoms with E-state index in [2.05, 4.69) is 6.92 Å². The van der Waals surface area contributed by atoms with E-state index in [-0.39, 0.29) is 11.4 Å². The van der Waals surface area contributed by atoms with E-state index >= 15 is 0 Å². The zero-order valence-corrected chi connectivity index (χ0v) is 18.4. The highest BCUT2D eigenvalue weighted by Crippen LogP contribution is 2.35. The van der Waals surface area contributed by atoms with Gasteiger partial charge in [0.05, 0.1) is 11.3 Å². The molecule has 0 atom stereocenters. The molecule has 0 aromatic heterocycles. The van der Waals surface area contributed by atoms with Crippen molar-refractivity contribution in [1.82, 2.24) is 0 Å². The number of aryl methyl sites for hydroxylation is 1. The quantitative estimate of drug-likeness (QED) is 0.306. The first kappa shape index (κ1) is 23.5. The molecule has 0 spiro atoms. The Bertz CT molecular complexity index is 814. The molecule has 0 heterocycles. The topological polar surface area (TPSA) is 35.2 Å². The van der Waals surface area contributed by atoms with Gasteiger partial charge < -0.3 is 10.5 Å². The number of halogens is 3. The maximum Gasteiger partial charge on any atom is 0.426 e. The van der Waals surface area contributed by atoms with Gasteiger partial charge in [0.1, 0.15) is 11.6 Å². The number of nitrogens with two attached hydrogens (primary N) is 1. The molecule has 2 aromatic carbocycles. The van der Waals surface area contributed by atoms with Crippen LogP contribution < -0.4 is 10.5 Å². The van der Waals surface area contributed by atoms with Crippen molar-refractivity contribution in [3.05, 3.63) is 59.4 Å². The number of nitrogen functional groups attached to an aromatic ring is 1. The summed E-state index contributed by atoms with van der Waals surface area (Å²) >= 11 is 0. The van der Waals surface area contributed by atoms with Crippen LogP contribution in [-0.4, -0.2) is 0 Å². The molecular weight excluding hydrogens is 399 g/mol. The molecule has 3 rings (SSSR count). The molecule has 1 saturated carbocycles. The number of alkyl halides is 2. The third-order valence-electron chi connectivity index (χ3n) is 6.53. The fourth-order valence-electron chi connectivity index (χ4n) is 4.50. The van der Waals surface area contributed by atoms with Crippen LogP contribution in [0.25, 0.3) is 0 Å². The first-order valence-electron chi connectivity index (χ1n) is 11.6. The van der Waals surface area contributed by atoms with E-state index in [1.165, 1.54) is 51.4 Å². The Morgan fingerprint density at radius 3 is 2.19 bits per heavy atom. The van der Waals surface area contributed by atoms with Gasteiger partial charge in [-0.05, 0) is 60.6 Å². The number of rotatable bonds is 10. The Morgan fingerprint density at radius 2 is 1.58 bits per heavy atom. The fraction of sp³-hybridized carbons (Fsp3) is 0.538. The van der Waals surface area contributed by atoms with E-state index in [0.717, 1.165) is 42.4 Å². The monoisotopic (exact) mass is 433 g/mol. The first-order chi connectivity index (χ1) is 14.9. The summed E-state index contributed by atoms with van der Waals surface area (Å²) in [5.74, 6) is 0.850. The summed E-state index contributed by atoms with van der Waals surface area (Å²) in [6.45, 7) is 2.25. The van der Waals surface area contributed by atoms with Crippen LogP contribution in [-0.2, 0) is 12.5 Å². The predicted octanol–water partition coefficient (Wildman–Crippen LogP) is 7.86. The summed E-state index contributed by atoms with van der Waals surface area (Å²) in [5.41, 5.74) is 5.74. The zero-order chi connectivity index (χ0) is 22.3. The lowest BCUT2D eigenvalue weighted by atomic mass is 9.78. The van der Waals surface area contributed by atoms with Gasteiger partial charge in [0.25, 0.3) is 0 Å². The van der Waals surface area contributed by atoms with Crippen LogP contribution >= 0.6 is 0 Å². The van der Waals surface area contributed by atoms with E-state index in [9.17, 15) is 13.2 Å². The molecule has 0 amide bonds. The molecule has 0 unspecified atom stereocenters. The third-order valence-corrected chi connectivity index (χ3v) is 6.53. The summed E-state index contributed by atoms with van der Waals surface area (Å²) in [6, 6.07) is 9.69. The summed E-state index contributed by atoms with van der Waals surface area (Å²) in [4.78, 5) is 0. The van der Waals surface area contributed by atoms with Crippen molar-refractivity contribution in [2.24, 2.45) is 11.8 Å². The van der Waals surface area contributed by atoms with Crippen molar-refractivity contribution in [2.45, 2.75) is 77.2 Å². The minimum absolute atomic E-state index is 0.0542. The minimum atomic E-state index is -3.63. The van der Waals surface area contributed by atoms with Crippen LogP contribution in [0.4, 0.5) is 18.9 Å². The average molecular weight is 434 g/mol. The fourth-order valence-corrected chi connectivity index (χ4v) is 4.50. The number of hydrogen-bond acceptors (Lipinski definition) is 2. The van der Waals surface area contributed by atoms with E-state index in [1.807, 2.05) is 12.1 Å². The third kappa shape index (κ3) is 6.91. The molecule has 0 aliphatic heterocycles. The molecule has 1 aliphatic carbocycles. The van der Waals surface area contributed by atoms with E-state index in [0.29, 0.717) is 6.07 Å². The van der Waals surface area contributed by atoms with Crippen molar-refractivity contribution in [2.75, 3.05) is 5.73 Å². The Balaban J connectivity index is 1.45. The normalized spacial score (nSPS) is 19.4. The molecule has 2 N–H and O–H groups in total. The van der Waals surface area contributed by atoms with Crippen LogP contribution in [0.15, 0.2) is 42.5 Å². The van der Waals surface area contributed by atoms with Crippen LogP contribution in [0, 0.1) is 17.7 Å². The van der Waals surface area contributed by atoms with Gasteiger partial charge in [-0.1, -0.05) is 70.4 Å². The summed E-state index contributed by atoms with van der Waals surface area (Å²) in [7, 11) is 0. The lowest BCUT2D eigenvalue weighted by Gasteiger charge is -2.28. The Kier molecular flexibility index (Phi) is 8.28. The van der Waals surface area contributed by atoms with Crippen molar-refractivity contribution in [3.63, 3.8) is 0 Å². The average Bonchev–Trinajstić information content (AvgIpc) is 2.76. The second-order valence-corrected chi connectivity index (χ2v) is 8.92. The first-order valence-corrected chi connectivity index (χ1v) is 11.6. The van der Waals surface area contributed by atoms with Crippen molar-refractivity contribution in [3.8, 4) is 5.75 Å². The van der Waals surface area contributed by atoms with Gasteiger partial charge in [-0.15, -0.1) is 0 Å². The SMILES string of the molecule is CCCCCC1CCC(CCc2ccc(OC(F)(F)c3ccc(N)c(F)c3)cc2)CC1. The Labute approximate surface area is 184 Å². The van der Waals surface area contributed by atoms with Crippen LogP contribution in [0.2, 0.25) is 0 Å². The largest absolute Gasteiger partial charge is 0.429 e. The second kappa shape index (κ2) is 10.9. The minimum Gasteiger partial charge on any atom is -0.429 e. The summed E-state index contributed by atoms with van der Waals surface area (Å²) in [6.07, 6.45) is 9.16. The van der Waals surface area contributed by atoms with Crippen LogP contribution in [0.3, 0.4) is 0 Å². The summed E-state index contributed by atoms with van der Waals surface area (Å²) < 4.78 is 47.0. The van der Waals surface area contributed by atoms with Gasteiger partial charge in [-0.25, -0.2) is 4.39 Å². The zero-order valence-electron chi connectivity index (χ0n) is 18.4. The second-order valence-electron chi connectivity index (χ2n) is 8.92. The Morgan fingerprint density at radius 1 is 0.935 bits per heavy atom. The van der Waals surface area contributed by atoms with Crippen LogP contribution in [0.1, 0.15) is 75.8 Å². The Hall–Kier alpha value is -2.17. The maximum absolute atomic E-state index is 14.3. The van der Waals surface area contributed by atoms with Crippen molar-refractivity contribution < 1.29 is 17.9 Å². The lowest BCUT2D eigenvalue weighted by molar-refractivity contribution is -0.185. The van der Waals surface area contributed by atoms with Gasteiger partial charge in [0.2, 0.25) is 0 Å². The van der Waals surface area contributed by atoms with Crippen LogP contribution in [0.5, 0.6) is 5.75 Å². The molecule has 2 nitrogen and oxygen atoms in total. The molecule has 1 aliphatic rings. The van der Waals surface area contributed by atoms with Gasteiger partial charge >= 0.3 is 6.11 Å². The smallest absolute Gasteiger partial charge is 0.426 e. The molecule has 1 fully saturated rings. The molecule has 0 saturated heterocycles. The van der Waals surface area contributed by atoms with Crippen molar-refractivity contribution >= 4 is 5.69 Å². The van der Waals surface area contributed by atoms with Gasteiger partial charge in [0, 0.05) is 0 Å². The van der Waals surface area contributed by atoms with Gasteiger partial charge in [-0.3, -0.25) is 0 Å². The predicted molar refractivity (Wildman–Crippen MR) is 120 cm³/mol. The number of benzene rings is 2. The van der Waals surface area contributed by atoms with Crippen molar-refractivity contribution in [1.29, 1.82) is 0 Å². The maximum atomic E-state index is 14.3. The number of unbranched alkanes of at least 4 members (excludes halogenated alkanes) is 2. The van der Waals surface area contributed by atoms with Gasteiger partial charge in [-0.2, -0.15) is 8.78 Å². The molecule has 31 heavy (non-hydrogen) atoms. The number of hydrogen-bond donors (Lipinski definition) is 1. The number of ether oxygens (including phenoxy) is 1. The van der Waals surface area contributed by atoms with Gasteiger partial charge in [0.15, 0.2) is 0 Å².